The predicted octanol–water partition coefficient (Wildman–Crippen LogP) is 4.08. The van der Waals surface area contributed by atoms with E-state index in [0.29, 0.717) is 12.1 Å². The standard InChI is InChI=1S/C24H22FN3O/c25-18-3-1-2-16(10-18)14-28-22-8-4-15(13-26)11-20(22)21-12-19(7-9-23(21)28)27-24(29)17-5-6-17/h1-4,8,10-11,17,19H,5-7,9,12,14H2,(H,27,29). The molecule has 2 aromatic carbocycles. The molecule has 1 amide bonds. The Morgan fingerprint density at radius 3 is 2.83 bits per heavy atom. The van der Waals surface area contributed by atoms with Gasteiger partial charge in [-0.1, -0.05) is 12.1 Å². The fourth-order valence-electron chi connectivity index (χ4n) is 4.51. The number of aromatic nitrogens is 1. The zero-order valence-electron chi connectivity index (χ0n) is 16.1. The summed E-state index contributed by atoms with van der Waals surface area (Å²) in [4.78, 5) is 12.2. The molecular weight excluding hydrogens is 365 g/mol. The molecule has 1 atom stereocenters. The van der Waals surface area contributed by atoms with Gasteiger partial charge in [0, 0.05) is 35.1 Å². The van der Waals surface area contributed by atoms with E-state index in [0.717, 1.165) is 48.6 Å². The van der Waals surface area contributed by atoms with Crippen LogP contribution < -0.4 is 5.32 Å². The molecule has 1 N–H and O–H groups in total. The first kappa shape index (κ1) is 17.9. The maximum absolute atomic E-state index is 13.7. The number of hydrogen-bond acceptors (Lipinski definition) is 2. The number of benzene rings is 2. The molecule has 0 radical (unpaired) electrons. The van der Waals surface area contributed by atoms with Gasteiger partial charge < -0.3 is 9.88 Å². The highest BCUT2D eigenvalue weighted by Gasteiger charge is 2.33. The maximum Gasteiger partial charge on any atom is 0.223 e. The maximum atomic E-state index is 13.7. The summed E-state index contributed by atoms with van der Waals surface area (Å²) < 4.78 is 16.0. The number of fused-ring (bicyclic) bond motifs is 3. The van der Waals surface area contributed by atoms with E-state index in [-0.39, 0.29) is 23.7 Å². The van der Waals surface area contributed by atoms with Crippen LogP contribution in [0.25, 0.3) is 10.9 Å². The van der Waals surface area contributed by atoms with Crippen molar-refractivity contribution in [1.82, 2.24) is 9.88 Å². The predicted molar refractivity (Wildman–Crippen MR) is 109 cm³/mol. The highest BCUT2D eigenvalue weighted by molar-refractivity contribution is 5.87. The molecule has 5 heteroatoms. The summed E-state index contributed by atoms with van der Waals surface area (Å²) in [5, 5.41) is 13.6. The monoisotopic (exact) mass is 387 g/mol. The van der Waals surface area contributed by atoms with E-state index >= 15 is 0 Å². The van der Waals surface area contributed by atoms with Gasteiger partial charge in [-0.2, -0.15) is 5.26 Å². The second-order valence-corrected chi connectivity index (χ2v) is 8.21. The van der Waals surface area contributed by atoms with Crippen molar-refractivity contribution in [1.29, 1.82) is 5.26 Å². The van der Waals surface area contributed by atoms with Crippen LogP contribution in [0.1, 0.15) is 41.6 Å². The van der Waals surface area contributed by atoms with Gasteiger partial charge >= 0.3 is 0 Å². The molecule has 2 aliphatic carbocycles. The largest absolute Gasteiger partial charge is 0.353 e. The summed E-state index contributed by atoms with van der Waals surface area (Å²) in [7, 11) is 0. The van der Waals surface area contributed by atoms with Gasteiger partial charge in [0.25, 0.3) is 0 Å². The smallest absolute Gasteiger partial charge is 0.223 e. The van der Waals surface area contributed by atoms with Crippen LogP contribution in [0, 0.1) is 23.1 Å². The van der Waals surface area contributed by atoms with Crippen LogP contribution in [0.2, 0.25) is 0 Å². The van der Waals surface area contributed by atoms with E-state index < -0.39 is 0 Å². The summed E-state index contributed by atoms with van der Waals surface area (Å²) in [6.45, 7) is 0.592. The fourth-order valence-corrected chi connectivity index (χ4v) is 4.51. The van der Waals surface area contributed by atoms with E-state index in [1.807, 2.05) is 24.3 Å². The van der Waals surface area contributed by atoms with Gasteiger partial charge in [0.2, 0.25) is 5.91 Å². The van der Waals surface area contributed by atoms with Crippen molar-refractivity contribution in [2.45, 2.75) is 44.7 Å². The molecular formula is C24H22FN3O. The van der Waals surface area contributed by atoms with Gasteiger partial charge in [-0.15, -0.1) is 0 Å². The Morgan fingerprint density at radius 2 is 2.07 bits per heavy atom. The highest BCUT2D eigenvalue weighted by Crippen LogP contribution is 2.35. The molecule has 4 nitrogen and oxygen atoms in total. The molecule has 29 heavy (non-hydrogen) atoms. The summed E-state index contributed by atoms with van der Waals surface area (Å²) in [5.41, 5.74) is 5.05. The average molecular weight is 387 g/mol. The Morgan fingerprint density at radius 1 is 1.21 bits per heavy atom. The van der Waals surface area contributed by atoms with Crippen molar-refractivity contribution < 1.29 is 9.18 Å². The second-order valence-electron chi connectivity index (χ2n) is 8.21. The zero-order chi connectivity index (χ0) is 20.0. The lowest BCUT2D eigenvalue weighted by atomic mass is 9.91. The number of carbonyl (C=O) groups is 1. The van der Waals surface area contributed by atoms with Crippen LogP contribution in [-0.4, -0.2) is 16.5 Å². The quantitative estimate of drug-likeness (QED) is 0.733. The van der Waals surface area contributed by atoms with Crippen LogP contribution in [0.3, 0.4) is 0 Å². The Bertz CT molecular complexity index is 1150. The first-order chi connectivity index (χ1) is 14.1. The summed E-state index contributed by atoms with van der Waals surface area (Å²) >= 11 is 0. The van der Waals surface area contributed by atoms with E-state index in [9.17, 15) is 14.4 Å². The fraction of sp³-hybridized carbons (Fsp3) is 0.333. The second kappa shape index (κ2) is 7.04. The van der Waals surface area contributed by atoms with Crippen LogP contribution >= 0.6 is 0 Å². The molecule has 0 saturated heterocycles. The van der Waals surface area contributed by atoms with Gasteiger partial charge in [0.1, 0.15) is 5.82 Å². The van der Waals surface area contributed by atoms with Crippen LogP contribution in [-0.2, 0) is 24.2 Å². The van der Waals surface area contributed by atoms with Crippen molar-refractivity contribution in [3.8, 4) is 6.07 Å². The molecule has 1 saturated carbocycles. The number of rotatable bonds is 4. The number of halogens is 1. The number of nitrogens with zero attached hydrogens (tertiary/aromatic N) is 2. The molecule has 1 heterocycles. The molecule has 5 rings (SSSR count). The third kappa shape index (κ3) is 3.40. The van der Waals surface area contributed by atoms with Crippen LogP contribution in [0.15, 0.2) is 42.5 Å². The van der Waals surface area contributed by atoms with Gasteiger partial charge in [0.05, 0.1) is 11.6 Å². The Balaban J connectivity index is 1.54. The Hall–Kier alpha value is -3.13. The van der Waals surface area contributed by atoms with Crippen molar-refractivity contribution in [3.05, 3.63) is 70.7 Å². The number of hydrogen-bond donors (Lipinski definition) is 1. The van der Waals surface area contributed by atoms with E-state index in [2.05, 4.69) is 16.0 Å². The molecule has 0 bridgehead atoms. The van der Waals surface area contributed by atoms with Crippen LogP contribution in [0.5, 0.6) is 0 Å². The zero-order valence-corrected chi connectivity index (χ0v) is 16.1. The average Bonchev–Trinajstić information content (AvgIpc) is 3.53. The first-order valence-corrected chi connectivity index (χ1v) is 10.2. The van der Waals surface area contributed by atoms with E-state index in [4.69, 9.17) is 0 Å². The van der Waals surface area contributed by atoms with Gasteiger partial charge in [-0.05, 0) is 73.6 Å². The van der Waals surface area contributed by atoms with E-state index in [1.54, 1.807) is 12.1 Å². The highest BCUT2D eigenvalue weighted by atomic mass is 19.1. The molecule has 1 fully saturated rings. The van der Waals surface area contributed by atoms with Crippen molar-refractivity contribution >= 4 is 16.8 Å². The summed E-state index contributed by atoms with van der Waals surface area (Å²) in [6, 6.07) is 14.8. The Labute approximate surface area is 168 Å². The van der Waals surface area contributed by atoms with Crippen molar-refractivity contribution in [2.75, 3.05) is 0 Å². The minimum absolute atomic E-state index is 0.134. The number of nitrogens with one attached hydrogen (secondary N) is 1. The number of nitriles is 1. The van der Waals surface area contributed by atoms with Gasteiger partial charge in [-0.25, -0.2) is 4.39 Å². The molecule has 0 spiro atoms. The lowest BCUT2D eigenvalue weighted by Crippen LogP contribution is -2.39. The summed E-state index contributed by atoms with van der Waals surface area (Å²) in [6.07, 6.45) is 4.53. The third-order valence-electron chi connectivity index (χ3n) is 6.12. The minimum Gasteiger partial charge on any atom is -0.353 e. The van der Waals surface area contributed by atoms with Crippen molar-refractivity contribution in [3.63, 3.8) is 0 Å². The molecule has 0 aliphatic heterocycles. The normalized spacial score (nSPS) is 18.3. The number of carbonyl (C=O) groups excluding carboxylic acids is 1. The van der Waals surface area contributed by atoms with Crippen LogP contribution in [0.4, 0.5) is 4.39 Å². The molecule has 146 valence electrons. The minimum atomic E-state index is -0.234. The SMILES string of the molecule is N#Cc1ccc2c(c1)c1c(n2Cc2cccc(F)c2)CCC(NC(=O)C2CC2)C1. The molecule has 3 aromatic rings. The lowest BCUT2D eigenvalue weighted by molar-refractivity contribution is -0.123. The molecule has 2 aliphatic rings. The summed E-state index contributed by atoms with van der Waals surface area (Å²) in [5.74, 6) is 0.151. The molecule has 1 unspecified atom stereocenters. The number of amides is 1. The van der Waals surface area contributed by atoms with Crippen molar-refractivity contribution in [2.24, 2.45) is 5.92 Å². The Kier molecular flexibility index (Phi) is 4.35. The van der Waals surface area contributed by atoms with Gasteiger partial charge in [0.15, 0.2) is 0 Å². The molecule has 1 aromatic heterocycles. The van der Waals surface area contributed by atoms with Gasteiger partial charge in [-0.3, -0.25) is 4.79 Å². The first-order valence-electron chi connectivity index (χ1n) is 10.2. The third-order valence-corrected chi connectivity index (χ3v) is 6.12. The van der Waals surface area contributed by atoms with E-state index in [1.165, 1.54) is 17.3 Å². The topological polar surface area (TPSA) is 57.8 Å². The lowest BCUT2D eigenvalue weighted by Gasteiger charge is -2.25.